The van der Waals surface area contributed by atoms with Crippen molar-refractivity contribution in [3.8, 4) is 11.1 Å². The van der Waals surface area contributed by atoms with Crippen LogP contribution in [0.4, 0.5) is 0 Å². The molecular formula is C26H19N3O3. The number of nitrogens with zero attached hydrogens (tertiary/aromatic N) is 3. The summed E-state index contributed by atoms with van der Waals surface area (Å²) >= 11 is 0. The van der Waals surface area contributed by atoms with E-state index in [9.17, 15) is 9.59 Å². The number of fused-ring (bicyclic) bond motifs is 3. The Morgan fingerprint density at radius 2 is 1.56 bits per heavy atom. The molecule has 0 saturated heterocycles. The number of ether oxygens (including phenoxy) is 1. The minimum Gasteiger partial charge on any atom is -0.461 e. The molecule has 0 radical (unpaired) electrons. The Labute approximate surface area is 184 Å². The molecule has 5 rings (SSSR count). The SMILES string of the molecule is CCOC(=O)c1nc2c3ccccc3cnn2c1C(=O)c1ccc(-c2ccccc2)cc1. The Hall–Kier alpha value is -4.32. The van der Waals surface area contributed by atoms with Crippen LogP contribution < -0.4 is 0 Å². The number of benzene rings is 3. The van der Waals surface area contributed by atoms with Gasteiger partial charge in [0.15, 0.2) is 11.3 Å². The van der Waals surface area contributed by atoms with Crippen LogP contribution in [0.2, 0.25) is 0 Å². The fourth-order valence-electron chi connectivity index (χ4n) is 3.76. The van der Waals surface area contributed by atoms with E-state index in [1.54, 1.807) is 25.3 Å². The summed E-state index contributed by atoms with van der Waals surface area (Å²) in [6.07, 6.45) is 1.66. The second-order valence-electron chi connectivity index (χ2n) is 7.27. The van der Waals surface area contributed by atoms with Gasteiger partial charge in [0.1, 0.15) is 5.69 Å². The van der Waals surface area contributed by atoms with Crippen molar-refractivity contribution in [1.82, 2.24) is 14.6 Å². The molecule has 6 nitrogen and oxygen atoms in total. The lowest BCUT2D eigenvalue weighted by Gasteiger charge is -2.06. The Balaban J connectivity index is 1.65. The van der Waals surface area contributed by atoms with Gasteiger partial charge in [0.25, 0.3) is 0 Å². The summed E-state index contributed by atoms with van der Waals surface area (Å²) in [7, 11) is 0. The standard InChI is InChI=1S/C26H19N3O3/c1-2-32-26(31)22-23(29-25(28-22)21-11-7-6-10-20(21)16-27-29)24(30)19-14-12-18(13-15-19)17-8-4-3-5-9-17/h3-16H,2H2,1H3. The van der Waals surface area contributed by atoms with E-state index in [0.717, 1.165) is 21.9 Å². The molecule has 156 valence electrons. The van der Waals surface area contributed by atoms with Gasteiger partial charge in [-0.1, -0.05) is 78.9 Å². The molecule has 2 heterocycles. The molecule has 6 heteroatoms. The van der Waals surface area contributed by atoms with Crippen molar-refractivity contribution in [2.24, 2.45) is 0 Å². The van der Waals surface area contributed by atoms with Crippen LogP contribution in [0.15, 0.2) is 85.1 Å². The van der Waals surface area contributed by atoms with Crippen LogP contribution in [0.1, 0.15) is 33.5 Å². The van der Waals surface area contributed by atoms with Gasteiger partial charge in [-0.2, -0.15) is 5.10 Å². The first-order chi connectivity index (χ1) is 15.7. The van der Waals surface area contributed by atoms with E-state index >= 15 is 0 Å². The second kappa shape index (κ2) is 8.07. The number of imidazole rings is 1. The summed E-state index contributed by atoms with van der Waals surface area (Å²) in [5, 5.41) is 6.07. The molecule has 0 fully saturated rings. The average molecular weight is 421 g/mol. The number of hydrogen-bond donors (Lipinski definition) is 0. The van der Waals surface area contributed by atoms with Crippen LogP contribution in [0.5, 0.6) is 0 Å². The smallest absolute Gasteiger partial charge is 0.359 e. The summed E-state index contributed by atoms with van der Waals surface area (Å²) < 4.78 is 6.61. The summed E-state index contributed by atoms with van der Waals surface area (Å²) in [5.74, 6) is -0.991. The highest BCUT2D eigenvalue weighted by Crippen LogP contribution is 2.25. The van der Waals surface area contributed by atoms with Crippen molar-refractivity contribution in [2.45, 2.75) is 6.92 Å². The molecule has 3 aromatic carbocycles. The van der Waals surface area contributed by atoms with Crippen molar-refractivity contribution in [1.29, 1.82) is 0 Å². The first-order valence-electron chi connectivity index (χ1n) is 10.3. The van der Waals surface area contributed by atoms with Crippen molar-refractivity contribution >= 4 is 28.2 Å². The Morgan fingerprint density at radius 3 is 2.31 bits per heavy atom. The van der Waals surface area contributed by atoms with Crippen LogP contribution in [-0.4, -0.2) is 33.0 Å². The van der Waals surface area contributed by atoms with Gasteiger partial charge < -0.3 is 4.74 Å². The van der Waals surface area contributed by atoms with Gasteiger partial charge in [0, 0.05) is 16.3 Å². The highest BCUT2D eigenvalue weighted by Gasteiger charge is 2.28. The van der Waals surface area contributed by atoms with E-state index in [-0.39, 0.29) is 23.8 Å². The molecule has 0 aliphatic rings. The van der Waals surface area contributed by atoms with Crippen LogP contribution in [0.3, 0.4) is 0 Å². The predicted octanol–water partition coefficient (Wildman–Crippen LogP) is 4.96. The minimum absolute atomic E-state index is 0.0344. The maximum absolute atomic E-state index is 13.5. The zero-order valence-electron chi connectivity index (χ0n) is 17.4. The maximum Gasteiger partial charge on any atom is 0.359 e. The molecule has 0 N–H and O–H groups in total. The minimum atomic E-state index is -0.647. The van der Waals surface area contributed by atoms with E-state index in [0.29, 0.717) is 11.2 Å². The zero-order chi connectivity index (χ0) is 22.1. The molecule has 5 aromatic rings. The van der Waals surface area contributed by atoms with Crippen molar-refractivity contribution in [2.75, 3.05) is 6.61 Å². The zero-order valence-corrected chi connectivity index (χ0v) is 17.4. The maximum atomic E-state index is 13.5. The normalized spacial score (nSPS) is 11.0. The quantitative estimate of drug-likeness (QED) is 0.296. The van der Waals surface area contributed by atoms with Crippen LogP contribution in [0, 0.1) is 0 Å². The van der Waals surface area contributed by atoms with Gasteiger partial charge in [-0.05, 0) is 18.1 Å². The lowest BCUT2D eigenvalue weighted by atomic mass is 10.0. The number of hydrogen-bond acceptors (Lipinski definition) is 5. The highest BCUT2D eigenvalue weighted by atomic mass is 16.5. The second-order valence-corrected chi connectivity index (χ2v) is 7.27. The summed E-state index contributed by atoms with van der Waals surface area (Å²) in [6.45, 7) is 1.89. The van der Waals surface area contributed by atoms with Crippen molar-refractivity contribution in [3.63, 3.8) is 0 Å². The lowest BCUT2D eigenvalue weighted by Crippen LogP contribution is -2.14. The Kier molecular flexibility index (Phi) is 4.95. The highest BCUT2D eigenvalue weighted by molar-refractivity contribution is 6.14. The number of carbonyl (C=O) groups is 2. The van der Waals surface area contributed by atoms with Crippen LogP contribution in [0.25, 0.3) is 27.5 Å². The van der Waals surface area contributed by atoms with Crippen LogP contribution in [-0.2, 0) is 4.74 Å². The predicted molar refractivity (Wildman–Crippen MR) is 122 cm³/mol. The molecule has 0 spiro atoms. The van der Waals surface area contributed by atoms with Gasteiger partial charge in [0.05, 0.1) is 12.8 Å². The lowest BCUT2D eigenvalue weighted by molar-refractivity contribution is 0.0517. The summed E-state index contributed by atoms with van der Waals surface area (Å²) in [5.41, 5.74) is 2.99. The van der Waals surface area contributed by atoms with Gasteiger partial charge in [-0.25, -0.2) is 14.3 Å². The third-order valence-corrected chi connectivity index (χ3v) is 5.31. The molecule has 0 amide bonds. The number of ketones is 1. The summed E-state index contributed by atoms with van der Waals surface area (Å²) in [4.78, 5) is 30.7. The number of carbonyl (C=O) groups excluding carboxylic acids is 2. The van der Waals surface area contributed by atoms with Crippen LogP contribution >= 0.6 is 0 Å². The molecule has 0 unspecified atom stereocenters. The molecule has 2 aromatic heterocycles. The Bertz CT molecular complexity index is 1460. The number of rotatable bonds is 5. The monoisotopic (exact) mass is 421 g/mol. The fourth-order valence-corrected chi connectivity index (χ4v) is 3.76. The molecule has 0 saturated carbocycles. The van der Waals surface area contributed by atoms with Gasteiger partial charge in [0.2, 0.25) is 5.78 Å². The van der Waals surface area contributed by atoms with Crippen molar-refractivity contribution in [3.05, 3.63) is 102 Å². The summed E-state index contributed by atoms with van der Waals surface area (Å²) in [6, 6.07) is 24.8. The van der Waals surface area contributed by atoms with Gasteiger partial charge in [-0.15, -0.1) is 0 Å². The topological polar surface area (TPSA) is 73.6 Å². The first kappa shape index (κ1) is 19.6. The number of esters is 1. The first-order valence-corrected chi connectivity index (χ1v) is 10.3. The largest absolute Gasteiger partial charge is 0.461 e. The van der Waals surface area contributed by atoms with Gasteiger partial charge >= 0.3 is 5.97 Å². The third kappa shape index (κ3) is 3.32. The average Bonchev–Trinajstić information content (AvgIpc) is 3.25. The third-order valence-electron chi connectivity index (χ3n) is 5.31. The van der Waals surface area contributed by atoms with E-state index in [4.69, 9.17) is 4.74 Å². The molecule has 0 aliphatic carbocycles. The van der Waals surface area contributed by atoms with E-state index in [1.165, 1.54) is 4.52 Å². The molecule has 32 heavy (non-hydrogen) atoms. The van der Waals surface area contributed by atoms with Gasteiger partial charge in [-0.3, -0.25) is 4.79 Å². The fraction of sp³-hybridized carbons (Fsp3) is 0.0769. The van der Waals surface area contributed by atoms with E-state index < -0.39 is 5.97 Å². The molecular weight excluding hydrogens is 402 g/mol. The molecule has 0 atom stereocenters. The Morgan fingerprint density at radius 1 is 0.875 bits per heavy atom. The van der Waals surface area contributed by atoms with Crippen molar-refractivity contribution < 1.29 is 14.3 Å². The molecule has 0 aliphatic heterocycles. The number of aromatic nitrogens is 3. The molecule has 0 bridgehead atoms. The van der Waals surface area contributed by atoms with E-state index in [2.05, 4.69) is 10.1 Å². The van der Waals surface area contributed by atoms with E-state index in [1.807, 2.05) is 66.7 Å².